The summed E-state index contributed by atoms with van der Waals surface area (Å²) < 4.78 is 5.32. The van der Waals surface area contributed by atoms with Crippen LogP contribution in [-0.2, 0) is 9.53 Å². The van der Waals surface area contributed by atoms with Crippen LogP contribution in [0.25, 0.3) is 0 Å². The van der Waals surface area contributed by atoms with Crippen LogP contribution in [0, 0.1) is 17.0 Å². The first-order valence-electron chi connectivity index (χ1n) is 8.10. The van der Waals surface area contributed by atoms with Crippen molar-refractivity contribution in [2.75, 3.05) is 0 Å². The Kier molecular flexibility index (Phi) is 6.06. The van der Waals surface area contributed by atoms with Gasteiger partial charge in [0.05, 0.1) is 4.92 Å². The van der Waals surface area contributed by atoms with Crippen molar-refractivity contribution in [1.82, 2.24) is 5.32 Å². The predicted octanol–water partition coefficient (Wildman–Crippen LogP) is 3.33. The van der Waals surface area contributed by atoms with Crippen molar-refractivity contribution in [3.05, 3.63) is 75.3 Å². The zero-order valence-electron chi connectivity index (χ0n) is 14.8. The summed E-state index contributed by atoms with van der Waals surface area (Å²) in [5, 5.41) is 13.4. The Bertz CT molecular complexity index is 834. The van der Waals surface area contributed by atoms with Gasteiger partial charge < -0.3 is 10.1 Å². The average Bonchev–Trinajstić information content (AvgIpc) is 2.61. The third-order valence-corrected chi connectivity index (χ3v) is 3.82. The minimum absolute atomic E-state index is 0.0776. The van der Waals surface area contributed by atoms with Gasteiger partial charge in [0.1, 0.15) is 12.1 Å². The van der Waals surface area contributed by atoms with Gasteiger partial charge in [0, 0.05) is 17.7 Å². The Hall–Kier alpha value is -3.22. The summed E-state index contributed by atoms with van der Waals surface area (Å²) in [6.07, 6.45) is -0.680. The van der Waals surface area contributed by atoms with Gasteiger partial charge in [0.2, 0.25) is 0 Å². The van der Waals surface area contributed by atoms with E-state index in [0.29, 0.717) is 11.1 Å². The molecule has 1 N–H and O–H groups in total. The van der Waals surface area contributed by atoms with E-state index in [4.69, 9.17) is 4.74 Å². The van der Waals surface area contributed by atoms with Gasteiger partial charge in [-0.05, 0) is 38.5 Å². The molecule has 26 heavy (non-hydrogen) atoms. The number of aryl methyl sites for hydroxylation is 1. The van der Waals surface area contributed by atoms with Crippen molar-refractivity contribution < 1.29 is 19.2 Å². The Morgan fingerprint density at radius 2 is 1.81 bits per heavy atom. The fraction of sp³-hybridized carbons (Fsp3) is 0.263. The Morgan fingerprint density at radius 3 is 2.46 bits per heavy atom. The number of amides is 1. The topological polar surface area (TPSA) is 98.5 Å². The summed E-state index contributed by atoms with van der Waals surface area (Å²) in [6.45, 7) is 5.01. The third-order valence-electron chi connectivity index (χ3n) is 3.82. The quantitative estimate of drug-likeness (QED) is 0.486. The summed E-state index contributed by atoms with van der Waals surface area (Å²) in [5.74, 6) is -0.994. The van der Waals surface area contributed by atoms with E-state index >= 15 is 0 Å². The van der Waals surface area contributed by atoms with Crippen LogP contribution in [0.4, 0.5) is 5.69 Å². The number of carbonyl (C=O) groups is 2. The number of nitro benzene ring substituents is 1. The first-order valence-corrected chi connectivity index (χ1v) is 8.10. The molecule has 2 rings (SSSR count). The van der Waals surface area contributed by atoms with Gasteiger partial charge in [-0.3, -0.25) is 14.9 Å². The maximum absolute atomic E-state index is 12.2. The molecule has 0 aliphatic carbocycles. The maximum atomic E-state index is 12.2. The summed E-state index contributed by atoms with van der Waals surface area (Å²) in [6, 6.07) is 12.0. The zero-order valence-corrected chi connectivity index (χ0v) is 14.8. The Labute approximate surface area is 151 Å². The molecule has 0 spiro atoms. The highest BCUT2D eigenvalue weighted by atomic mass is 16.6. The number of esters is 1. The standard InChI is InChI=1S/C19H20N2O5/c1-12-6-4-8-16(10-12)18(22)20-13(2)19(23)26-14(3)15-7-5-9-17(11-15)21(24)25/h4-11,13-14H,1-3H3,(H,20,22)/t13-,14-/m0/s1. The highest BCUT2D eigenvalue weighted by Gasteiger charge is 2.21. The second-order valence-corrected chi connectivity index (χ2v) is 6.00. The molecule has 0 bridgehead atoms. The van der Waals surface area contributed by atoms with Crippen LogP contribution in [0.1, 0.15) is 41.4 Å². The van der Waals surface area contributed by atoms with E-state index in [1.54, 1.807) is 31.2 Å². The lowest BCUT2D eigenvalue weighted by Crippen LogP contribution is -2.39. The van der Waals surface area contributed by atoms with Crippen LogP contribution in [-0.4, -0.2) is 22.8 Å². The van der Waals surface area contributed by atoms with Crippen molar-refractivity contribution in [2.45, 2.75) is 32.9 Å². The van der Waals surface area contributed by atoms with Gasteiger partial charge in [0.15, 0.2) is 0 Å². The minimum atomic E-state index is -0.857. The molecule has 1 amide bonds. The summed E-state index contributed by atoms with van der Waals surface area (Å²) in [7, 11) is 0. The van der Waals surface area contributed by atoms with Gasteiger partial charge in [-0.2, -0.15) is 0 Å². The third kappa shape index (κ3) is 4.89. The van der Waals surface area contributed by atoms with Gasteiger partial charge in [-0.15, -0.1) is 0 Å². The van der Waals surface area contributed by atoms with Crippen LogP contribution < -0.4 is 5.32 Å². The molecule has 136 valence electrons. The lowest BCUT2D eigenvalue weighted by atomic mass is 10.1. The average molecular weight is 356 g/mol. The largest absolute Gasteiger partial charge is 0.456 e. The Balaban J connectivity index is 1.99. The first kappa shape index (κ1) is 19.1. The molecular weight excluding hydrogens is 336 g/mol. The lowest BCUT2D eigenvalue weighted by Gasteiger charge is -2.18. The lowest BCUT2D eigenvalue weighted by molar-refractivity contribution is -0.385. The summed E-state index contributed by atoms with van der Waals surface area (Å²) >= 11 is 0. The van der Waals surface area contributed by atoms with E-state index < -0.39 is 23.0 Å². The summed E-state index contributed by atoms with van der Waals surface area (Å²) in [5.41, 5.74) is 1.82. The monoisotopic (exact) mass is 356 g/mol. The van der Waals surface area contributed by atoms with E-state index in [9.17, 15) is 19.7 Å². The molecule has 0 heterocycles. The number of non-ortho nitro benzene ring substituents is 1. The maximum Gasteiger partial charge on any atom is 0.328 e. The number of ether oxygens (including phenoxy) is 1. The molecule has 7 nitrogen and oxygen atoms in total. The first-order chi connectivity index (χ1) is 12.3. The number of hydrogen-bond donors (Lipinski definition) is 1. The van der Waals surface area contributed by atoms with E-state index in [1.165, 1.54) is 25.1 Å². The minimum Gasteiger partial charge on any atom is -0.456 e. The van der Waals surface area contributed by atoms with Crippen molar-refractivity contribution >= 4 is 17.6 Å². The van der Waals surface area contributed by atoms with Gasteiger partial charge in [0.25, 0.3) is 11.6 Å². The molecule has 2 aromatic carbocycles. The molecule has 0 fully saturated rings. The van der Waals surface area contributed by atoms with Crippen molar-refractivity contribution in [3.8, 4) is 0 Å². The highest BCUT2D eigenvalue weighted by molar-refractivity contribution is 5.96. The van der Waals surface area contributed by atoms with Gasteiger partial charge >= 0.3 is 5.97 Å². The van der Waals surface area contributed by atoms with Crippen LogP contribution >= 0.6 is 0 Å². The van der Waals surface area contributed by atoms with E-state index in [2.05, 4.69) is 5.32 Å². The Morgan fingerprint density at radius 1 is 1.12 bits per heavy atom. The predicted molar refractivity (Wildman–Crippen MR) is 95.7 cm³/mol. The van der Waals surface area contributed by atoms with E-state index in [1.807, 2.05) is 13.0 Å². The number of benzene rings is 2. The normalized spacial score (nSPS) is 12.7. The number of nitro groups is 1. The molecule has 2 atom stereocenters. The van der Waals surface area contributed by atoms with Gasteiger partial charge in [-0.1, -0.05) is 29.8 Å². The highest BCUT2D eigenvalue weighted by Crippen LogP contribution is 2.22. The van der Waals surface area contributed by atoms with Crippen LogP contribution in [0.5, 0.6) is 0 Å². The second kappa shape index (κ2) is 8.24. The molecule has 0 saturated heterocycles. The van der Waals surface area contributed by atoms with Crippen LogP contribution in [0.15, 0.2) is 48.5 Å². The molecular formula is C19H20N2O5. The molecule has 0 radical (unpaired) electrons. The smallest absolute Gasteiger partial charge is 0.328 e. The number of nitrogens with zero attached hydrogens (tertiary/aromatic N) is 1. The molecule has 0 unspecified atom stereocenters. The van der Waals surface area contributed by atoms with Crippen molar-refractivity contribution in [1.29, 1.82) is 0 Å². The summed E-state index contributed by atoms with van der Waals surface area (Å²) in [4.78, 5) is 34.7. The zero-order chi connectivity index (χ0) is 19.3. The number of nitrogens with one attached hydrogen (secondary N) is 1. The number of hydrogen-bond acceptors (Lipinski definition) is 5. The number of rotatable bonds is 6. The van der Waals surface area contributed by atoms with Crippen molar-refractivity contribution in [3.63, 3.8) is 0 Å². The van der Waals surface area contributed by atoms with Crippen LogP contribution in [0.2, 0.25) is 0 Å². The van der Waals surface area contributed by atoms with Crippen LogP contribution in [0.3, 0.4) is 0 Å². The van der Waals surface area contributed by atoms with E-state index in [-0.39, 0.29) is 11.6 Å². The molecule has 0 aromatic heterocycles. The van der Waals surface area contributed by atoms with Crippen molar-refractivity contribution in [2.24, 2.45) is 0 Å². The molecule has 0 saturated carbocycles. The SMILES string of the molecule is Cc1cccc(C(=O)N[C@@H](C)C(=O)O[C@@H](C)c2cccc([N+](=O)[O-])c2)c1. The fourth-order valence-corrected chi connectivity index (χ4v) is 2.36. The molecule has 2 aromatic rings. The molecule has 0 aliphatic rings. The van der Waals surface area contributed by atoms with Gasteiger partial charge in [-0.25, -0.2) is 4.79 Å². The fourth-order valence-electron chi connectivity index (χ4n) is 2.36. The number of carbonyl (C=O) groups excluding carboxylic acids is 2. The molecule has 7 heteroatoms. The van der Waals surface area contributed by atoms with E-state index in [0.717, 1.165) is 5.56 Å². The molecule has 0 aliphatic heterocycles. The second-order valence-electron chi connectivity index (χ2n) is 6.00.